The Kier molecular flexibility index (Phi) is 3.23. The van der Waals surface area contributed by atoms with Gasteiger partial charge in [0.2, 0.25) is 0 Å². The van der Waals surface area contributed by atoms with Gasteiger partial charge in [0.15, 0.2) is 0 Å². The fraction of sp³-hybridized carbons (Fsp3) is 0.0625. The van der Waals surface area contributed by atoms with Crippen LogP contribution in [0.4, 0.5) is 0 Å². The minimum Gasteiger partial charge on any atom is -0.282 e. The Morgan fingerprint density at radius 1 is 1.00 bits per heavy atom. The van der Waals surface area contributed by atoms with Crippen LogP contribution < -0.4 is 0 Å². The van der Waals surface area contributed by atoms with E-state index in [2.05, 4.69) is 4.98 Å². The average Bonchev–Trinajstić information content (AvgIpc) is 2.46. The molecule has 0 atom stereocenters. The zero-order valence-corrected chi connectivity index (χ0v) is 12.1. The molecule has 0 spiro atoms. The zero-order valence-electron chi connectivity index (χ0n) is 11.3. The first-order valence-corrected chi connectivity index (χ1v) is 7.83. The fourth-order valence-electron chi connectivity index (χ4n) is 2.31. The Balaban J connectivity index is 2.33. The highest BCUT2D eigenvalue weighted by Gasteiger charge is 2.16. The zero-order chi connectivity index (χ0) is 15.0. The van der Waals surface area contributed by atoms with E-state index in [1.54, 1.807) is 6.92 Å². The first-order chi connectivity index (χ1) is 9.95. The van der Waals surface area contributed by atoms with E-state index >= 15 is 0 Å². The molecule has 1 heterocycles. The van der Waals surface area contributed by atoms with Gasteiger partial charge in [0.1, 0.15) is 4.90 Å². The molecular formula is C16H13NO3S. The molecule has 1 aromatic heterocycles. The first kappa shape index (κ1) is 13.7. The lowest BCUT2D eigenvalue weighted by Gasteiger charge is -2.08. The van der Waals surface area contributed by atoms with Gasteiger partial charge in [-0.25, -0.2) is 4.98 Å². The molecule has 0 radical (unpaired) electrons. The van der Waals surface area contributed by atoms with E-state index in [0.717, 1.165) is 11.1 Å². The molecule has 0 amide bonds. The van der Waals surface area contributed by atoms with Crippen molar-refractivity contribution in [1.29, 1.82) is 0 Å². The van der Waals surface area contributed by atoms with E-state index in [1.807, 2.05) is 48.5 Å². The van der Waals surface area contributed by atoms with Crippen LogP contribution in [0, 0.1) is 6.92 Å². The molecule has 0 aliphatic carbocycles. The molecule has 0 aliphatic rings. The highest BCUT2D eigenvalue weighted by Crippen LogP contribution is 2.26. The van der Waals surface area contributed by atoms with Gasteiger partial charge in [-0.05, 0) is 30.7 Å². The summed E-state index contributed by atoms with van der Waals surface area (Å²) in [5.41, 5.74) is 2.59. The van der Waals surface area contributed by atoms with Gasteiger partial charge >= 0.3 is 0 Å². The van der Waals surface area contributed by atoms with Crippen LogP contribution in [0.3, 0.4) is 0 Å². The lowest BCUT2D eigenvalue weighted by molar-refractivity contribution is 0.484. The predicted molar refractivity (Wildman–Crippen MR) is 81.7 cm³/mol. The Morgan fingerprint density at radius 2 is 1.71 bits per heavy atom. The van der Waals surface area contributed by atoms with E-state index in [4.69, 9.17) is 0 Å². The van der Waals surface area contributed by atoms with Gasteiger partial charge in [-0.15, -0.1) is 0 Å². The van der Waals surface area contributed by atoms with Crippen molar-refractivity contribution >= 4 is 21.0 Å². The minimum absolute atomic E-state index is 0.157. The summed E-state index contributed by atoms with van der Waals surface area (Å²) in [6, 6.07) is 16.4. The standard InChI is InChI=1S/C16H13NO3S/c1-11-9-13-7-8-14(12-5-3-2-4-6-12)17-16(13)15(10-11)21(18,19)20/h2-10H,1H3,(H,18,19,20). The maximum absolute atomic E-state index is 11.6. The van der Waals surface area contributed by atoms with Crippen LogP contribution in [0.15, 0.2) is 59.5 Å². The molecule has 1 N–H and O–H groups in total. The molecule has 0 fully saturated rings. The normalized spacial score (nSPS) is 11.7. The maximum Gasteiger partial charge on any atom is 0.296 e. The molecule has 3 aromatic rings. The number of rotatable bonds is 2. The van der Waals surface area contributed by atoms with Crippen molar-refractivity contribution in [2.75, 3.05) is 0 Å². The smallest absolute Gasteiger partial charge is 0.282 e. The number of aromatic nitrogens is 1. The molecule has 5 heteroatoms. The molecule has 0 bridgehead atoms. The van der Waals surface area contributed by atoms with E-state index in [9.17, 15) is 13.0 Å². The van der Waals surface area contributed by atoms with Gasteiger partial charge in [0, 0.05) is 10.9 Å². The number of benzene rings is 2. The second-order valence-electron chi connectivity index (χ2n) is 4.87. The summed E-state index contributed by atoms with van der Waals surface area (Å²) in [6.45, 7) is 1.78. The number of hydrogen-bond acceptors (Lipinski definition) is 3. The van der Waals surface area contributed by atoms with Crippen LogP contribution in [0.1, 0.15) is 5.56 Å². The van der Waals surface area contributed by atoms with Crippen molar-refractivity contribution < 1.29 is 13.0 Å². The summed E-state index contributed by atoms with van der Waals surface area (Å²) in [4.78, 5) is 4.26. The molecule has 4 nitrogen and oxygen atoms in total. The molecule has 0 saturated heterocycles. The highest BCUT2D eigenvalue weighted by atomic mass is 32.2. The van der Waals surface area contributed by atoms with Gasteiger partial charge in [-0.2, -0.15) is 8.42 Å². The number of hydrogen-bond donors (Lipinski definition) is 1. The highest BCUT2D eigenvalue weighted by molar-refractivity contribution is 7.86. The van der Waals surface area contributed by atoms with Gasteiger partial charge in [0.25, 0.3) is 10.1 Å². The molecule has 106 valence electrons. The van der Waals surface area contributed by atoms with Gasteiger partial charge in [0.05, 0.1) is 11.2 Å². The van der Waals surface area contributed by atoms with Crippen LogP contribution in [-0.2, 0) is 10.1 Å². The third-order valence-corrected chi connectivity index (χ3v) is 4.12. The molecule has 0 saturated carbocycles. The van der Waals surface area contributed by atoms with E-state index < -0.39 is 10.1 Å². The van der Waals surface area contributed by atoms with Gasteiger partial charge in [-0.1, -0.05) is 36.4 Å². The average molecular weight is 299 g/mol. The summed E-state index contributed by atoms with van der Waals surface area (Å²) in [5, 5.41) is 0.683. The first-order valence-electron chi connectivity index (χ1n) is 6.39. The van der Waals surface area contributed by atoms with Crippen LogP contribution >= 0.6 is 0 Å². The molecule has 2 aromatic carbocycles. The van der Waals surface area contributed by atoms with Crippen molar-refractivity contribution in [3.8, 4) is 11.3 Å². The van der Waals surface area contributed by atoms with Crippen molar-refractivity contribution in [1.82, 2.24) is 4.98 Å². The van der Waals surface area contributed by atoms with E-state index in [-0.39, 0.29) is 10.4 Å². The van der Waals surface area contributed by atoms with E-state index in [0.29, 0.717) is 11.1 Å². The van der Waals surface area contributed by atoms with Crippen LogP contribution in [0.25, 0.3) is 22.2 Å². The summed E-state index contributed by atoms with van der Waals surface area (Å²) in [7, 11) is -4.31. The Hall–Kier alpha value is -2.24. The van der Waals surface area contributed by atoms with E-state index in [1.165, 1.54) is 6.07 Å². The van der Waals surface area contributed by atoms with Gasteiger partial charge in [-0.3, -0.25) is 4.55 Å². The van der Waals surface area contributed by atoms with Crippen molar-refractivity contribution in [2.24, 2.45) is 0 Å². The fourth-order valence-corrected chi connectivity index (χ4v) is 3.05. The van der Waals surface area contributed by atoms with Crippen LogP contribution in [-0.4, -0.2) is 18.0 Å². The van der Waals surface area contributed by atoms with Gasteiger partial charge < -0.3 is 0 Å². The van der Waals surface area contributed by atoms with Crippen molar-refractivity contribution in [2.45, 2.75) is 11.8 Å². The molecular weight excluding hydrogens is 286 g/mol. The second-order valence-corrected chi connectivity index (χ2v) is 6.26. The second kappa shape index (κ2) is 4.95. The maximum atomic E-state index is 11.6. The summed E-state index contributed by atoms with van der Waals surface area (Å²) in [5.74, 6) is 0. The third-order valence-electron chi connectivity index (χ3n) is 3.25. The molecule has 0 aliphatic heterocycles. The van der Waals surface area contributed by atoms with Crippen molar-refractivity contribution in [3.05, 3.63) is 60.2 Å². The SMILES string of the molecule is Cc1cc(S(=O)(=O)O)c2nc(-c3ccccc3)ccc2c1. The van der Waals surface area contributed by atoms with Crippen LogP contribution in [0.5, 0.6) is 0 Å². The Bertz CT molecular complexity index is 919. The summed E-state index contributed by atoms with van der Waals surface area (Å²) >= 11 is 0. The lowest BCUT2D eigenvalue weighted by atomic mass is 10.1. The third kappa shape index (κ3) is 2.66. The monoisotopic (exact) mass is 299 g/mol. The molecule has 0 unspecified atom stereocenters. The topological polar surface area (TPSA) is 67.3 Å². The number of pyridine rings is 1. The largest absolute Gasteiger partial charge is 0.296 e. The number of aryl methyl sites for hydroxylation is 1. The number of nitrogens with zero attached hydrogens (tertiary/aromatic N) is 1. The predicted octanol–water partition coefficient (Wildman–Crippen LogP) is 3.46. The molecule has 21 heavy (non-hydrogen) atoms. The minimum atomic E-state index is -4.31. The quantitative estimate of drug-likeness (QED) is 0.736. The lowest BCUT2D eigenvalue weighted by Crippen LogP contribution is -2.01. The Labute approximate surface area is 122 Å². The van der Waals surface area contributed by atoms with Crippen molar-refractivity contribution in [3.63, 3.8) is 0 Å². The summed E-state index contributed by atoms with van der Waals surface area (Å²) < 4.78 is 32.5. The number of fused-ring (bicyclic) bond motifs is 1. The summed E-state index contributed by atoms with van der Waals surface area (Å²) in [6.07, 6.45) is 0. The Morgan fingerprint density at radius 3 is 2.38 bits per heavy atom. The molecule has 3 rings (SSSR count). The van der Waals surface area contributed by atoms with Crippen LogP contribution in [0.2, 0.25) is 0 Å².